The van der Waals surface area contributed by atoms with Crippen LogP contribution in [0.25, 0.3) is 0 Å². The molecule has 0 aliphatic rings. The smallest absolute Gasteiger partial charge is 0.303 e. The molecule has 0 aliphatic carbocycles. The first-order valence-electron chi connectivity index (χ1n) is 5.53. The molecule has 0 saturated heterocycles. The Labute approximate surface area is 103 Å². The predicted molar refractivity (Wildman–Crippen MR) is 61.7 cm³/mol. The highest BCUT2D eigenvalue weighted by Crippen LogP contribution is 2.12. The van der Waals surface area contributed by atoms with Gasteiger partial charge in [0, 0.05) is 12.8 Å². The standard InChI is InChI=1S/C13H12FNO3/c14-10-3-1-2-9(6-10)7-12-15-8-11(18-12)4-5-13(16)17/h1-3,6,8H,4-5,7H2,(H,16,17). The molecule has 1 N–H and O–H groups in total. The Kier molecular flexibility index (Phi) is 3.72. The van der Waals surface area contributed by atoms with Crippen molar-refractivity contribution in [3.05, 3.63) is 53.5 Å². The van der Waals surface area contributed by atoms with E-state index < -0.39 is 5.97 Å². The molecule has 0 unspecified atom stereocenters. The fourth-order valence-electron chi connectivity index (χ4n) is 1.60. The number of carbonyl (C=O) groups is 1. The molecule has 1 heterocycles. The summed E-state index contributed by atoms with van der Waals surface area (Å²) >= 11 is 0. The third kappa shape index (κ3) is 3.41. The molecule has 0 aliphatic heterocycles. The van der Waals surface area contributed by atoms with Crippen LogP contribution in [0.1, 0.15) is 23.6 Å². The molecule has 4 nitrogen and oxygen atoms in total. The topological polar surface area (TPSA) is 63.3 Å². The molecule has 0 amide bonds. The monoisotopic (exact) mass is 249 g/mol. The van der Waals surface area contributed by atoms with Crippen molar-refractivity contribution in [3.63, 3.8) is 0 Å². The van der Waals surface area contributed by atoms with Gasteiger partial charge in [0.25, 0.3) is 0 Å². The number of carboxylic acid groups (broad SMARTS) is 1. The van der Waals surface area contributed by atoms with Gasteiger partial charge in [-0.15, -0.1) is 0 Å². The largest absolute Gasteiger partial charge is 0.481 e. The maximum atomic E-state index is 13.0. The number of benzene rings is 1. The van der Waals surface area contributed by atoms with Gasteiger partial charge in [-0.05, 0) is 17.7 Å². The van der Waals surface area contributed by atoms with Crippen LogP contribution in [0.15, 0.2) is 34.9 Å². The van der Waals surface area contributed by atoms with Crippen molar-refractivity contribution in [1.29, 1.82) is 0 Å². The molecule has 2 rings (SSSR count). The van der Waals surface area contributed by atoms with Gasteiger partial charge in [-0.25, -0.2) is 9.37 Å². The Hall–Kier alpha value is -2.17. The second kappa shape index (κ2) is 5.44. The lowest BCUT2D eigenvalue weighted by Gasteiger charge is -1.97. The first-order valence-corrected chi connectivity index (χ1v) is 5.53. The van der Waals surface area contributed by atoms with Gasteiger partial charge >= 0.3 is 5.97 Å². The molecule has 18 heavy (non-hydrogen) atoms. The number of carboxylic acids is 1. The van der Waals surface area contributed by atoms with Crippen LogP contribution in [-0.2, 0) is 17.6 Å². The SMILES string of the molecule is O=C(O)CCc1cnc(Cc2cccc(F)c2)o1. The number of nitrogens with zero attached hydrogens (tertiary/aromatic N) is 1. The minimum atomic E-state index is -0.877. The molecule has 0 saturated carbocycles. The molecule has 0 atom stereocenters. The summed E-state index contributed by atoms with van der Waals surface area (Å²) in [6.45, 7) is 0. The number of oxazole rings is 1. The molecule has 0 radical (unpaired) electrons. The summed E-state index contributed by atoms with van der Waals surface area (Å²) in [4.78, 5) is 14.4. The van der Waals surface area contributed by atoms with Crippen LogP contribution >= 0.6 is 0 Å². The lowest BCUT2D eigenvalue weighted by atomic mass is 10.1. The van der Waals surface area contributed by atoms with Crippen molar-refractivity contribution in [3.8, 4) is 0 Å². The minimum absolute atomic E-state index is 0.00853. The second-order valence-electron chi connectivity index (χ2n) is 3.92. The van der Waals surface area contributed by atoms with Crippen molar-refractivity contribution >= 4 is 5.97 Å². The summed E-state index contributed by atoms with van der Waals surface area (Å²) in [6.07, 6.45) is 2.22. The van der Waals surface area contributed by atoms with E-state index in [4.69, 9.17) is 9.52 Å². The third-order valence-corrected chi connectivity index (χ3v) is 2.43. The van der Waals surface area contributed by atoms with Crippen LogP contribution in [0.2, 0.25) is 0 Å². The van der Waals surface area contributed by atoms with Crippen LogP contribution < -0.4 is 0 Å². The number of aromatic nitrogens is 1. The second-order valence-corrected chi connectivity index (χ2v) is 3.92. The lowest BCUT2D eigenvalue weighted by molar-refractivity contribution is -0.137. The maximum absolute atomic E-state index is 13.0. The highest BCUT2D eigenvalue weighted by molar-refractivity contribution is 5.66. The summed E-state index contributed by atoms with van der Waals surface area (Å²) in [5.41, 5.74) is 0.765. The normalized spacial score (nSPS) is 10.5. The van der Waals surface area contributed by atoms with Gasteiger partial charge in [-0.1, -0.05) is 12.1 Å². The number of hydrogen-bond acceptors (Lipinski definition) is 3. The summed E-state index contributed by atoms with van der Waals surface area (Å²) in [5.74, 6) is -0.187. The van der Waals surface area contributed by atoms with E-state index in [1.54, 1.807) is 12.1 Å². The molecule has 1 aromatic heterocycles. The molecule has 1 aromatic carbocycles. The first-order chi connectivity index (χ1) is 8.63. The Morgan fingerprint density at radius 1 is 1.44 bits per heavy atom. The zero-order valence-electron chi connectivity index (χ0n) is 9.60. The minimum Gasteiger partial charge on any atom is -0.481 e. The number of aryl methyl sites for hydroxylation is 1. The predicted octanol–water partition coefficient (Wildman–Crippen LogP) is 2.42. The fourth-order valence-corrected chi connectivity index (χ4v) is 1.60. The molecule has 0 fully saturated rings. The van der Waals surface area contributed by atoms with Gasteiger partial charge in [-0.3, -0.25) is 4.79 Å². The number of hydrogen-bond donors (Lipinski definition) is 1. The van der Waals surface area contributed by atoms with E-state index in [9.17, 15) is 9.18 Å². The van der Waals surface area contributed by atoms with Gasteiger partial charge in [0.05, 0.1) is 12.6 Å². The number of aliphatic carboxylic acids is 1. The Bertz CT molecular complexity index is 551. The summed E-state index contributed by atoms with van der Waals surface area (Å²) in [5, 5.41) is 8.54. The van der Waals surface area contributed by atoms with E-state index in [-0.39, 0.29) is 12.2 Å². The summed E-state index contributed by atoms with van der Waals surface area (Å²) < 4.78 is 18.3. The Morgan fingerprint density at radius 3 is 3.00 bits per heavy atom. The molecular formula is C13H12FNO3. The highest BCUT2D eigenvalue weighted by Gasteiger charge is 2.07. The quantitative estimate of drug-likeness (QED) is 0.883. The van der Waals surface area contributed by atoms with E-state index in [0.29, 0.717) is 24.5 Å². The fraction of sp³-hybridized carbons (Fsp3) is 0.231. The van der Waals surface area contributed by atoms with Crippen LogP contribution in [0, 0.1) is 5.82 Å². The van der Waals surface area contributed by atoms with E-state index >= 15 is 0 Å². The maximum Gasteiger partial charge on any atom is 0.303 e. The third-order valence-electron chi connectivity index (χ3n) is 2.43. The van der Waals surface area contributed by atoms with Gasteiger partial charge in [-0.2, -0.15) is 0 Å². The molecule has 94 valence electrons. The highest BCUT2D eigenvalue weighted by atomic mass is 19.1. The zero-order chi connectivity index (χ0) is 13.0. The molecule has 2 aromatic rings. The zero-order valence-corrected chi connectivity index (χ0v) is 9.60. The van der Waals surface area contributed by atoms with Gasteiger partial charge in [0.1, 0.15) is 11.6 Å². The number of rotatable bonds is 5. The van der Waals surface area contributed by atoms with E-state index in [1.165, 1.54) is 18.3 Å². The van der Waals surface area contributed by atoms with Crippen LogP contribution in [0.4, 0.5) is 4.39 Å². The molecular weight excluding hydrogens is 237 g/mol. The number of halogens is 1. The average Bonchev–Trinajstić information content (AvgIpc) is 2.74. The van der Waals surface area contributed by atoms with Gasteiger partial charge < -0.3 is 9.52 Å². The molecule has 5 heteroatoms. The van der Waals surface area contributed by atoms with E-state index in [1.807, 2.05) is 0 Å². The van der Waals surface area contributed by atoms with Gasteiger partial charge in [0.15, 0.2) is 5.89 Å². The first kappa shape index (κ1) is 12.3. The van der Waals surface area contributed by atoms with Crippen LogP contribution in [0.3, 0.4) is 0 Å². The van der Waals surface area contributed by atoms with Crippen LogP contribution in [0.5, 0.6) is 0 Å². The molecule has 0 bridgehead atoms. The van der Waals surface area contributed by atoms with Gasteiger partial charge in [0.2, 0.25) is 0 Å². The Morgan fingerprint density at radius 2 is 2.28 bits per heavy atom. The average molecular weight is 249 g/mol. The Balaban J connectivity index is 2.00. The van der Waals surface area contributed by atoms with Crippen LogP contribution in [-0.4, -0.2) is 16.1 Å². The van der Waals surface area contributed by atoms with Crippen molar-refractivity contribution < 1.29 is 18.7 Å². The van der Waals surface area contributed by atoms with E-state index in [2.05, 4.69) is 4.98 Å². The summed E-state index contributed by atoms with van der Waals surface area (Å²) in [6, 6.07) is 6.20. The van der Waals surface area contributed by atoms with Crippen molar-refractivity contribution in [1.82, 2.24) is 4.98 Å². The van der Waals surface area contributed by atoms with Crippen molar-refractivity contribution in [2.45, 2.75) is 19.3 Å². The van der Waals surface area contributed by atoms with Crippen molar-refractivity contribution in [2.24, 2.45) is 0 Å². The van der Waals surface area contributed by atoms with E-state index in [0.717, 1.165) is 5.56 Å². The van der Waals surface area contributed by atoms with Crippen molar-refractivity contribution in [2.75, 3.05) is 0 Å². The molecule has 0 spiro atoms. The summed E-state index contributed by atoms with van der Waals surface area (Å²) in [7, 11) is 0. The lowest BCUT2D eigenvalue weighted by Crippen LogP contribution is -1.96.